The number of aryl methyl sites for hydroxylation is 1. The van der Waals surface area contributed by atoms with Crippen molar-refractivity contribution < 1.29 is 18.1 Å². The molecule has 0 bridgehead atoms. The van der Waals surface area contributed by atoms with Gasteiger partial charge in [-0.3, -0.25) is 19.2 Å². The van der Waals surface area contributed by atoms with E-state index in [0.29, 0.717) is 5.56 Å². The van der Waals surface area contributed by atoms with Gasteiger partial charge in [0.1, 0.15) is 6.54 Å². The van der Waals surface area contributed by atoms with Crippen LogP contribution in [0.1, 0.15) is 5.56 Å². The predicted octanol–water partition coefficient (Wildman–Crippen LogP) is 3.61. The maximum absolute atomic E-state index is 12.4. The summed E-state index contributed by atoms with van der Waals surface area (Å²) in [5.74, 6) is -0.707. The Morgan fingerprint density at radius 2 is 1.81 bits per heavy atom. The van der Waals surface area contributed by atoms with E-state index in [2.05, 4.69) is 5.32 Å². The maximum atomic E-state index is 12.4. The average molecular weight is 432 g/mol. The fraction of sp³-hybridized carbons (Fsp3) is 0.188. The molecule has 0 spiro atoms. The molecule has 0 aliphatic rings. The molecular weight excluding hydrogens is 417 g/mol. The normalized spacial score (nSPS) is 11.1. The summed E-state index contributed by atoms with van der Waals surface area (Å²) in [5.41, 5.74) is 0.343. The van der Waals surface area contributed by atoms with E-state index in [4.69, 9.17) is 23.2 Å². The minimum absolute atomic E-state index is 0.0344. The number of para-hydroxylation sites is 1. The highest BCUT2D eigenvalue weighted by Gasteiger charge is 2.25. The van der Waals surface area contributed by atoms with Gasteiger partial charge in [0, 0.05) is 12.1 Å². The Morgan fingerprint density at radius 3 is 2.33 bits per heavy atom. The third-order valence-corrected chi connectivity index (χ3v) is 5.34. The van der Waals surface area contributed by atoms with E-state index >= 15 is 0 Å². The van der Waals surface area contributed by atoms with Crippen molar-refractivity contribution in [3.05, 3.63) is 62.1 Å². The molecule has 1 amide bonds. The van der Waals surface area contributed by atoms with E-state index in [1.165, 1.54) is 24.3 Å². The van der Waals surface area contributed by atoms with E-state index in [1.54, 1.807) is 13.0 Å². The van der Waals surface area contributed by atoms with Crippen LogP contribution in [0.3, 0.4) is 0 Å². The summed E-state index contributed by atoms with van der Waals surface area (Å²) < 4.78 is 25.2. The number of non-ortho nitro benzene ring substituents is 1. The number of nitro benzene ring substituents is 1. The summed E-state index contributed by atoms with van der Waals surface area (Å²) in [6.45, 7) is 0.975. The van der Waals surface area contributed by atoms with Crippen LogP contribution in [-0.2, 0) is 14.8 Å². The van der Waals surface area contributed by atoms with Crippen molar-refractivity contribution >= 4 is 56.2 Å². The Bertz CT molecular complexity index is 991. The predicted molar refractivity (Wildman–Crippen MR) is 105 cm³/mol. The van der Waals surface area contributed by atoms with Crippen molar-refractivity contribution in [2.75, 3.05) is 22.4 Å². The second-order valence-electron chi connectivity index (χ2n) is 5.64. The molecule has 0 unspecified atom stereocenters. The molecule has 27 heavy (non-hydrogen) atoms. The number of benzene rings is 2. The SMILES string of the molecule is Cc1ccc([N+](=O)[O-])cc1N(CC(=O)Nc1c(Cl)cccc1Cl)S(C)(=O)=O. The first-order chi connectivity index (χ1) is 12.5. The molecule has 0 aromatic heterocycles. The highest BCUT2D eigenvalue weighted by molar-refractivity contribution is 7.92. The molecule has 2 aromatic carbocycles. The second kappa shape index (κ2) is 8.12. The number of hydrogen-bond donors (Lipinski definition) is 1. The van der Waals surface area contributed by atoms with Gasteiger partial charge in [0.05, 0.1) is 32.6 Å². The number of amides is 1. The Hall–Kier alpha value is -2.36. The minimum atomic E-state index is -3.91. The van der Waals surface area contributed by atoms with Gasteiger partial charge in [-0.25, -0.2) is 8.42 Å². The lowest BCUT2D eigenvalue weighted by molar-refractivity contribution is -0.384. The number of rotatable bonds is 6. The molecule has 0 heterocycles. The topological polar surface area (TPSA) is 110 Å². The van der Waals surface area contributed by atoms with Gasteiger partial charge < -0.3 is 5.32 Å². The largest absolute Gasteiger partial charge is 0.322 e. The molecule has 1 N–H and O–H groups in total. The molecule has 144 valence electrons. The number of carbonyl (C=O) groups excluding carboxylic acids is 1. The minimum Gasteiger partial charge on any atom is -0.322 e. The number of carbonyl (C=O) groups is 1. The molecule has 0 fully saturated rings. The first-order valence-corrected chi connectivity index (χ1v) is 10.1. The first-order valence-electron chi connectivity index (χ1n) is 7.47. The lowest BCUT2D eigenvalue weighted by Crippen LogP contribution is -2.38. The van der Waals surface area contributed by atoms with Gasteiger partial charge in [0.15, 0.2) is 0 Å². The lowest BCUT2D eigenvalue weighted by Gasteiger charge is -2.23. The molecule has 11 heteroatoms. The molecule has 2 rings (SSSR count). The number of halogens is 2. The lowest BCUT2D eigenvalue weighted by atomic mass is 10.2. The molecule has 0 saturated carbocycles. The van der Waals surface area contributed by atoms with Crippen LogP contribution in [0.4, 0.5) is 17.1 Å². The molecule has 0 aliphatic heterocycles. The van der Waals surface area contributed by atoms with Crippen LogP contribution in [0.5, 0.6) is 0 Å². The summed E-state index contributed by atoms with van der Waals surface area (Å²) in [4.78, 5) is 22.8. The number of nitrogens with zero attached hydrogens (tertiary/aromatic N) is 2. The zero-order valence-electron chi connectivity index (χ0n) is 14.3. The van der Waals surface area contributed by atoms with Crippen molar-refractivity contribution in [1.82, 2.24) is 0 Å². The van der Waals surface area contributed by atoms with Gasteiger partial charge in [-0.1, -0.05) is 35.3 Å². The number of nitro groups is 1. The van der Waals surface area contributed by atoms with Crippen LogP contribution >= 0.6 is 23.2 Å². The summed E-state index contributed by atoms with van der Waals surface area (Å²) >= 11 is 12.0. The van der Waals surface area contributed by atoms with Crippen LogP contribution in [0, 0.1) is 17.0 Å². The van der Waals surface area contributed by atoms with E-state index in [-0.39, 0.29) is 27.1 Å². The Kier molecular flexibility index (Phi) is 6.30. The Morgan fingerprint density at radius 1 is 1.22 bits per heavy atom. The Labute approximate surface area is 165 Å². The van der Waals surface area contributed by atoms with Crippen LogP contribution in [0.2, 0.25) is 10.0 Å². The van der Waals surface area contributed by atoms with Crippen LogP contribution in [0.15, 0.2) is 36.4 Å². The van der Waals surface area contributed by atoms with E-state index < -0.39 is 27.4 Å². The van der Waals surface area contributed by atoms with E-state index in [9.17, 15) is 23.3 Å². The monoisotopic (exact) mass is 431 g/mol. The maximum Gasteiger partial charge on any atom is 0.271 e. The molecule has 2 aromatic rings. The highest BCUT2D eigenvalue weighted by Crippen LogP contribution is 2.31. The van der Waals surface area contributed by atoms with Gasteiger partial charge in [-0.2, -0.15) is 0 Å². The Balaban J connectivity index is 2.38. The molecule has 8 nitrogen and oxygen atoms in total. The van der Waals surface area contributed by atoms with Gasteiger partial charge in [0.25, 0.3) is 5.69 Å². The number of sulfonamides is 1. The summed E-state index contributed by atoms with van der Waals surface area (Å²) in [6.07, 6.45) is 0.904. The molecular formula is C16H15Cl2N3O5S. The standard InChI is InChI=1S/C16H15Cl2N3O5S/c1-10-6-7-11(21(23)24)8-14(10)20(27(2,25)26)9-15(22)19-16-12(17)4-3-5-13(16)18/h3-8H,9H2,1-2H3,(H,19,22). The zero-order chi connectivity index (χ0) is 20.4. The third-order valence-electron chi connectivity index (χ3n) is 3.59. The van der Waals surface area contributed by atoms with Crippen molar-refractivity contribution in [1.29, 1.82) is 0 Å². The smallest absolute Gasteiger partial charge is 0.271 e. The van der Waals surface area contributed by atoms with Crippen molar-refractivity contribution in [2.45, 2.75) is 6.92 Å². The number of anilines is 2. The van der Waals surface area contributed by atoms with Gasteiger partial charge >= 0.3 is 0 Å². The average Bonchev–Trinajstić information content (AvgIpc) is 2.55. The van der Waals surface area contributed by atoms with Gasteiger partial charge in [0.2, 0.25) is 15.9 Å². The third kappa shape index (κ3) is 5.09. The molecule has 0 atom stereocenters. The van der Waals surface area contributed by atoms with Gasteiger partial charge in [-0.05, 0) is 24.6 Å². The van der Waals surface area contributed by atoms with Crippen LogP contribution in [0.25, 0.3) is 0 Å². The zero-order valence-corrected chi connectivity index (χ0v) is 16.6. The summed E-state index contributed by atoms with van der Waals surface area (Å²) in [7, 11) is -3.91. The first kappa shape index (κ1) is 20.9. The molecule has 0 radical (unpaired) electrons. The quantitative estimate of drug-likeness (QED) is 0.554. The van der Waals surface area contributed by atoms with E-state index in [0.717, 1.165) is 16.6 Å². The fourth-order valence-corrected chi connectivity index (χ4v) is 3.69. The second-order valence-corrected chi connectivity index (χ2v) is 8.36. The molecule has 0 aliphatic carbocycles. The highest BCUT2D eigenvalue weighted by atomic mass is 35.5. The van der Waals surface area contributed by atoms with Gasteiger partial charge in [-0.15, -0.1) is 0 Å². The van der Waals surface area contributed by atoms with Crippen molar-refractivity contribution in [3.63, 3.8) is 0 Å². The number of nitrogens with one attached hydrogen (secondary N) is 1. The molecule has 0 saturated heterocycles. The van der Waals surface area contributed by atoms with E-state index in [1.807, 2.05) is 0 Å². The van der Waals surface area contributed by atoms with Crippen molar-refractivity contribution in [3.8, 4) is 0 Å². The van der Waals surface area contributed by atoms with Crippen molar-refractivity contribution in [2.24, 2.45) is 0 Å². The van der Waals surface area contributed by atoms with Crippen LogP contribution in [-0.4, -0.2) is 32.0 Å². The fourth-order valence-electron chi connectivity index (χ4n) is 2.29. The summed E-state index contributed by atoms with van der Waals surface area (Å²) in [6, 6.07) is 8.39. The van der Waals surface area contributed by atoms with Crippen LogP contribution < -0.4 is 9.62 Å². The number of hydrogen-bond acceptors (Lipinski definition) is 5. The summed E-state index contributed by atoms with van der Waals surface area (Å²) in [5, 5.41) is 13.8.